The number of aliphatic carboxylic acids is 1. The molecule has 1 radical (unpaired) electrons. The average Bonchev–Trinajstić information content (AvgIpc) is 2.15. The minimum absolute atomic E-state index is 0.126. The molecular weight excluding hydrogens is 134 g/mol. The Morgan fingerprint density at radius 1 is 1.90 bits per heavy atom. The summed E-state index contributed by atoms with van der Waals surface area (Å²) in [5.74, 6) is -0.360. The molecule has 5 heteroatoms. The normalized spacial score (nSPS) is 9.70. The predicted molar refractivity (Wildman–Crippen MR) is 31.2 cm³/mol. The molecule has 0 saturated heterocycles. The van der Waals surface area contributed by atoms with Gasteiger partial charge in [0.2, 0.25) is 6.33 Å². The van der Waals surface area contributed by atoms with Gasteiger partial charge in [-0.3, -0.25) is 9.36 Å². The first-order valence-corrected chi connectivity index (χ1v) is 2.69. The Hall–Kier alpha value is -1.39. The molecule has 0 spiro atoms. The largest absolute Gasteiger partial charge is 0.480 e. The van der Waals surface area contributed by atoms with Crippen LogP contribution in [0.1, 0.15) is 5.82 Å². The Morgan fingerprint density at radius 3 is 3.00 bits per heavy atom. The smallest absolute Gasteiger partial charge is 0.323 e. The number of nitrogens with zero attached hydrogens (tertiary/aromatic N) is 3. The standard InChI is InChI=1S/C5H6N3O2/c1-4-7-6-3-8(4)2-5(9)10/h2H2,1H3,(H,9,10). The Morgan fingerprint density at radius 2 is 2.60 bits per heavy atom. The molecule has 1 heterocycles. The zero-order chi connectivity index (χ0) is 7.56. The van der Waals surface area contributed by atoms with Crippen LogP contribution in [-0.2, 0) is 11.3 Å². The van der Waals surface area contributed by atoms with Gasteiger partial charge < -0.3 is 5.11 Å². The molecule has 1 N–H and O–H groups in total. The summed E-state index contributed by atoms with van der Waals surface area (Å²) in [5.41, 5.74) is 0. The van der Waals surface area contributed by atoms with Crippen LogP contribution in [0.3, 0.4) is 0 Å². The number of rotatable bonds is 2. The van der Waals surface area contributed by atoms with Crippen molar-refractivity contribution < 1.29 is 9.90 Å². The molecule has 0 fully saturated rings. The third-order valence-corrected chi connectivity index (χ3v) is 1.04. The molecule has 0 bridgehead atoms. The van der Waals surface area contributed by atoms with Crippen LogP contribution in [0.2, 0.25) is 0 Å². The Kier molecular flexibility index (Phi) is 1.66. The molecule has 1 aromatic heterocycles. The molecule has 0 aliphatic heterocycles. The highest BCUT2D eigenvalue weighted by Gasteiger charge is 2.02. The number of aryl methyl sites for hydroxylation is 1. The van der Waals surface area contributed by atoms with Gasteiger partial charge in [0.25, 0.3) is 0 Å². The Labute approximate surface area is 57.3 Å². The molecule has 0 aliphatic carbocycles. The van der Waals surface area contributed by atoms with E-state index in [-0.39, 0.29) is 6.54 Å². The molecule has 53 valence electrons. The van der Waals surface area contributed by atoms with Crippen molar-refractivity contribution in [3.8, 4) is 0 Å². The van der Waals surface area contributed by atoms with Crippen LogP contribution >= 0.6 is 0 Å². The summed E-state index contributed by atoms with van der Waals surface area (Å²) in [6.07, 6.45) is 2.41. The summed E-state index contributed by atoms with van der Waals surface area (Å²) in [6.45, 7) is 1.55. The van der Waals surface area contributed by atoms with Gasteiger partial charge >= 0.3 is 5.97 Å². The number of aromatic nitrogens is 3. The monoisotopic (exact) mass is 140 g/mol. The number of hydrogen-bond donors (Lipinski definition) is 1. The topological polar surface area (TPSA) is 68.0 Å². The van der Waals surface area contributed by atoms with E-state index in [2.05, 4.69) is 16.5 Å². The third kappa shape index (κ3) is 1.31. The van der Waals surface area contributed by atoms with Crippen molar-refractivity contribution in [2.75, 3.05) is 0 Å². The second kappa shape index (κ2) is 2.47. The first-order valence-electron chi connectivity index (χ1n) is 2.69. The van der Waals surface area contributed by atoms with Crippen LogP contribution in [0.4, 0.5) is 0 Å². The molecule has 0 unspecified atom stereocenters. The number of carbonyl (C=O) groups is 1. The summed E-state index contributed by atoms with van der Waals surface area (Å²) in [7, 11) is 0. The van der Waals surface area contributed by atoms with Gasteiger partial charge in [-0.15, -0.1) is 10.2 Å². The van der Waals surface area contributed by atoms with Gasteiger partial charge in [-0.05, 0) is 6.92 Å². The van der Waals surface area contributed by atoms with Crippen LogP contribution in [0, 0.1) is 13.3 Å². The van der Waals surface area contributed by atoms with Gasteiger partial charge in [0.1, 0.15) is 12.4 Å². The molecule has 0 amide bonds. The average molecular weight is 140 g/mol. The third-order valence-electron chi connectivity index (χ3n) is 1.04. The van der Waals surface area contributed by atoms with Crippen LogP contribution in [0.5, 0.6) is 0 Å². The van der Waals surface area contributed by atoms with Crippen LogP contribution < -0.4 is 0 Å². The number of carboxylic acids is 1. The quantitative estimate of drug-likeness (QED) is 0.599. The first kappa shape index (κ1) is 6.73. The molecule has 0 atom stereocenters. The minimum Gasteiger partial charge on any atom is -0.480 e. The fourth-order valence-electron chi connectivity index (χ4n) is 0.560. The van der Waals surface area contributed by atoms with E-state index in [1.54, 1.807) is 6.92 Å². The maximum Gasteiger partial charge on any atom is 0.323 e. The van der Waals surface area contributed by atoms with Crippen molar-refractivity contribution in [1.82, 2.24) is 14.8 Å². The molecule has 0 aliphatic rings. The van der Waals surface area contributed by atoms with Gasteiger partial charge in [0.05, 0.1) is 0 Å². The van der Waals surface area contributed by atoms with Gasteiger partial charge in [-0.25, -0.2) is 0 Å². The molecule has 1 rings (SSSR count). The first-order chi connectivity index (χ1) is 4.70. The van der Waals surface area contributed by atoms with Crippen molar-refractivity contribution in [3.05, 3.63) is 12.2 Å². The van der Waals surface area contributed by atoms with E-state index in [0.717, 1.165) is 0 Å². The van der Waals surface area contributed by atoms with Gasteiger partial charge in [-0.2, -0.15) is 0 Å². The van der Waals surface area contributed by atoms with Crippen molar-refractivity contribution in [1.29, 1.82) is 0 Å². The highest BCUT2D eigenvalue weighted by Crippen LogP contribution is 1.89. The van der Waals surface area contributed by atoms with E-state index < -0.39 is 5.97 Å². The molecule has 10 heavy (non-hydrogen) atoms. The van der Waals surface area contributed by atoms with Crippen LogP contribution in [-0.4, -0.2) is 25.8 Å². The zero-order valence-corrected chi connectivity index (χ0v) is 5.40. The lowest BCUT2D eigenvalue weighted by molar-refractivity contribution is -0.137. The second-order valence-corrected chi connectivity index (χ2v) is 1.83. The Balaban J connectivity index is 2.74. The molecule has 1 aromatic rings. The van der Waals surface area contributed by atoms with Crippen LogP contribution in [0.25, 0.3) is 0 Å². The lowest BCUT2D eigenvalue weighted by atomic mass is 10.6. The second-order valence-electron chi connectivity index (χ2n) is 1.83. The summed E-state index contributed by atoms with van der Waals surface area (Å²) in [4.78, 5) is 10.1. The molecule has 5 nitrogen and oxygen atoms in total. The van der Waals surface area contributed by atoms with Crippen molar-refractivity contribution in [2.45, 2.75) is 13.5 Å². The summed E-state index contributed by atoms with van der Waals surface area (Å²) in [6, 6.07) is 0. The predicted octanol–water partition coefficient (Wildman–Crippen LogP) is -0.529. The lowest BCUT2D eigenvalue weighted by Crippen LogP contribution is -2.09. The molecule has 0 saturated carbocycles. The maximum atomic E-state index is 10.1. The van der Waals surface area contributed by atoms with Gasteiger partial charge in [0, 0.05) is 0 Å². The van der Waals surface area contributed by atoms with Crippen molar-refractivity contribution >= 4 is 5.97 Å². The van der Waals surface area contributed by atoms with E-state index in [1.165, 1.54) is 4.57 Å². The fourth-order valence-corrected chi connectivity index (χ4v) is 0.560. The number of carboxylic acid groups (broad SMARTS) is 1. The minimum atomic E-state index is -0.917. The van der Waals surface area contributed by atoms with E-state index in [9.17, 15) is 4.79 Å². The van der Waals surface area contributed by atoms with E-state index in [4.69, 9.17) is 5.11 Å². The zero-order valence-electron chi connectivity index (χ0n) is 5.40. The van der Waals surface area contributed by atoms with E-state index >= 15 is 0 Å². The highest BCUT2D eigenvalue weighted by molar-refractivity contribution is 5.66. The summed E-state index contributed by atoms with van der Waals surface area (Å²) in [5, 5.41) is 15.3. The van der Waals surface area contributed by atoms with E-state index in [0.29, 0.717) is 5.82 Å². The molecular formula is C5H6N3O2. The SMILES string of the molecule is Cc1nn[c]n1CC(=O)O. The van der Waals surface area contributed by atoms with Gasteiger partial charge in [-0.1, -0.05) is 0 Å². The maximum absolute atomic E-state index is 10.1. The van der Waals surface area contributed by atoms with Crippen molar-refractivity contribution in [3.63, 3.8) is 0 Å². The fraction of sp³-hybridized carbons (Fsp3) is 0.400. The van der Waals surface area contributed by atoms with E-state index in [1.807, 2.05) is 0 Å². The Bertz CT molecular complexity index is 243. The van der Waals surface area contributed by atoms with Gasteiger partial charge in [0.15, 0.2) is 0 Å². The summed E-state index contributed by atoms with van der Waals surface area (Å²) >= 11 is 0. The highest BCUT2D eigenvalue weighted by atomic mass is 16.4. The number of hydrogen-bond acceptors (Lipinski definition) is 3. The van der Waals surface area contributed by atoms with Crippen LogP contribution in [0.15, 0.2) is 0 Å². The lowest BCUT2D eigenvalue weighted by Gasteiger charge is -1.94. The summed E-state index contributed by atoms with van der Waals surface area (Å²) < 4.78 is 1.34. The van der Waals surface area contributed by atoms with Crippen molar-refractivity contribution in [2.24, 2.45) is 0 Å². The molecule has 0 aromatic carbocycles.